The van der Waals surface area contributed by atoms with E-state index < -0.39 is 0 Å². The number of rotatable bonds is 4. The van der Waals surface area contributed by atoms with Crippen molar-refractivity contribution in [3.63, 3.8) is 0 Å². The van der Waals surface area contributed by atoms with Gasteiger partial charge in [-0.25, -0.2) is 0 Å². The zero-order valence-electron chi connectivity index (χ0n) is 6.54. The van der Waals surface area contributed by atoms with Crippen molar-refractivity contribution in [2.75, 3.05) is 12.4 Å². The van der Waals surface area contributed by atoms with Crippen LogP contribution >= 0.6 is 11.8 Å². The molecule has 0 aliphatic heterocycles. The van der Waals surface area contributed by atoms with E-state index in [1.807, 2.05) is 13.0 Å². The average Bonchev–Trinajstić information content (AvgIpc) is 2.37. The molecule has 0 atom stereocenters. The normalized spacial score (nSPS) is 10.4. The van der Waals surface area contributed by atoms with E-state index in [4.69, 9.17) is 9.52 Å². The predicted molar refractivity (Wildman–Crippen MR) is 46.7 cm³/mol. The first-order valence-corrected chi connectivity index (χ1v) is 4.71. The van der Waals surface area contributed by atoms with Gasteiger partial charge < -0.3 is 9.52 Å². The molecule has 1 aromatic rings. The van der Waals surface area contributed by atoms with E-state index in [1.165, 1.54) is 5.56 Å². The van der Waals surface area contributed by atoms with Crippen LogP contribution < -0.4 is 0 Å². The van der Waals surface area contributed by atoms with Crippen LogP contribution in [-0.4, -0.2) is 17.5 Å². The number of furan rings is 1. The van der Waals surface area contributed by atoms with Crippen molar-refractivity contribution in [2.24, 2.45) is 0 Å². The molecular weight excluding hydrogens is 160 g/mol. The standard InChI is InChI=1S/C8H12O2S/c1-7-2-4-10-8(7)6-11-5-3-9/h2,4,9H,3,5-6H2,1H3. The van der Waals surface area contributed by atoms with Gasteiger partial charge in [0, 0.05) is 5.75 Å². The Balaban J connectivity index is 2.32. The average molecular weight is 172 g/mol. The molecule has 0 aliphatic rings. The number of hydrogen-bond acceptors (Lipinski definition) is 3. The van der Waals surface area contributed by atoms with Crippen molar-refractivity contribution in [1.29, 1.82) is 0 Å². The summed E-state index contributed by atoms with van der Waals surface area (Å²) in [6.07, 6.45) is 1.70. The third kappa shape index (κ3) is 2.60. The second-order valence-electron chi connectivity index (χ2n) is 2.30. The van der Waals surface area contributed by atoms with Crippen LogP contribution in [0, 0.1) is 6.92 Å². The predicted octanol–water partition coefficient (Wildman–Crippen LogP) is 1.81. The Hall–Kier alpha value is -0.410. The number of aryl methyl sites for hydroxylation is 1. The fourth-order valence-corrected chi connectivity index (χ4v) is 1.54. The molecule has 0 aliphatic carbocycles. The molecule has 0 aromatic carbocycles. The molecule has 1 aromatic heterocycles. The summed E-state index contributed by atoms with van der Waals surface area (Å²) in [4.78, 5) is 0. The zero-order chi connectivity index (χ0) is 8.10. The van der Waals surface area contributed by atoms with E-state index in [0.717, 1.165) is 17.3 Å². The topological polar surface area (TPSA) is 33.4 Å². The van der Waals surface area contributed by atoms with Crippen molar-refractivity contribution in [1.82, 2.24) is 0 Å². The maximum absolute atomic E-state index is 8.51. The second-order valence-corrected chi connectivity index (χ2v) is 3.41. The monoisotopic (exact) mass is 172 g/mol. The first kappa shape index (κ1) is 8.68. The molecule has 0 radical (unpaired) electrons. The summed E-state index contributed by atoms with van der Waals surface area (Å²) in [5.41, 5.74) is 1.19. The van der Waals surface area contributed by atoms with Crippen molar-refractivity contribution >= 4 is 11.8 Å². The molecule has 1 N–H and O–H groups in total. The Morgan fingerprint density at radius 2 is 2.45 bits per heavy atom. The maximum Gasteiger partial charge on any atom is 0.116 e. The van der Waals surface area contributed by atoms with Gasteiger partial charge in [0.2, 0.25) is 0 Å². The van der Waals surface area contributed by atoms with Crippen LogP contribution in [-0.2, 0) is 5.75 Å². The van der Waals surface area contributed by atoms with Crippen molar-refractivity contribution in [3.05, 3.63) is 23.7 Å². The number of aliphatic hydroxyl groups is 1. The highest BCUT2D eigenvalue weighted by atomic mass is 32.2. The van der Waals surface area contributed by atoms with E-state index in [-0.39, 0.29) is 6.61 Å². The highest BCUT2D eigenvalue weighted by Crippen LogP contribution is 2.16. The van der Waals surface area contributed by atoms with Crippen molar-refractivity contribution < 1.29 is 9.52 Å². The highest BCUT2D eigenvalue weighted by molar-refractivity contribution is 7.98. The minimum absolute atomic E-state index is 0.240. The van der Waals surface area contributed by atoms with E-state index in [2.05, 4.69) is 0 Å². The molecule has 1 heterocycles. The van der Waals surface area contributed by atoms with E-state index in [9.17, 15) is 0 Å². The van der Waals surface area contributed by atoms with Gasteiger partial charge in [-0.1, -0.05) is 0 Å². The molecule has 11 heavy (non-hydrogen) atoms. The first-order chi connectivity index (χ1) is 5.34. The van der Waals surface area contributed by atoms with Crippen LogP contribution in [0.3, 0.4) is 0 Å². The Labute approximate surface area is 70.6 Å². The lowest BCUT2D eigenvalue weighted by Crippen LogP contribution is -1.87. The van der Waals surface area contributed by atoms with Crippen molar-refractivity contribution in [2.45, 2.75) is 12.7 Å². The molecule has 0 spiro atoms. The molecule has 0 saturated heterocycles. The lowest BCUT2D eigenvalue weighted by Gasteiger charge is -1.96. The third-order valence-electron chi connectivity index (χ3n) is 1.44. The van der Waals surface area contributed by atoms with Crippen LogP contribution in [0.25, 0.3) is 0 Å². The lowest BCUT2D eigenvalue weighted by atomic mass is 10.3. The molecule has 1 rings (SSSR count). The Bertz CT molecular complexity index is 208. The van der Waals surface area contributed by atoms with Crippen molar-refractivity contribution in [3.8, 4) is 0 Å². The molecule has 62 valence electrons. The van der Waals surface area contributed by atoms with Gasteiger partial charge in [-0.05, 0) is 18.6 Å². The largest absolute Gasteiger partial charge is 0.468 e. The summed E-state index contributed by atoms with van der Waals surface area (Å²) < 4.78 is 5.21. The molecule has 0 fully saturated rings. The van der Waals surface area contributed by atoms with Gasteiger partial charge >= 0.3 is 0 Å². The van der Waals surface area contributed by atoms with Gasteiger partial charge in [0.05, 0.1) is 18.6 Å². The molecule has 0 unspecified atom stereocenters. The fourth-order valence-electron chi connectivity index (χ4n) is 0.781. The molecule has 0 bridgehead atoms. The van der Waals surface area contributed by atoms with Gasteiger partial charge in [0.15, 0.2) is 0 Å². The minimum Gasteiger partial charge on any atom is -0.468 e. The first-order valence-electron chi connectivity index (χ1n) is 3.56. The van der Waals surface area contributed by atoms with Crippen LogP contribution in [0.1, 0.15) is 11.3 Å². The Kier molecular flexibility index (Phi) is 3.52. The van der Waals surface area contributed by atoms with Crippen LogP contribution in [0.2, 0.25) is 0 Å². The van der Waals surface area contributed by atoms with Crippen LogP contribution in [0.15, 0.2) is 16.7 Å². The molecule has 0 saturated carbocycles. The lowest BCUT2D eigenvalue weighted by molar-refractivity contribution is 0.322. The van der Waals surface area contributed by atoms with E-state index >= 15 is 0 Å². The van der Waals surface area contributed by atoms with E-state index in [1.54, 1.807) is 18.0 Å². The zero-order valence-corrected chi connectivity index (χ0v) is 7.36. The van der Waals surface area contributed by atoms with Crippen LogP contribution in [0.5, 0.6) is 0 Å². The van der Waals surface area contributed by atoms with Crippen LogP contribution in [0.4, 0.5) is 0 Å². The number of thioether (sulfide) groups is 1. The Morgan fingerprint density at radius 1 is 1.64 bits per heavy atom. The molecular formula is C8H12O2S. The highest BCUT2D eigenvalue weighted by Gasteiger charge is 2.00. The fraction of sp³-hybridized carbons (Fsp3) is 0.500. The van der Waals surface area contributed by atoms with E-state index in [0.29, 0.717) is 0 Å². The molecule has 0 amide bonds. The SMILES string of the molecule is Cc1ccoc1CSCCO. The number of aliphatic hydroxyl groups excluding tert-OH is 1. The quantitative estimate of drug-likeness (QED) is 0.703. The maximum atomic E-state index is 8.51. The third-order valence-corrected chi connectivity index (χ3v) is 2.37. The molecule has 2 nitrogen and oxygen atoms in total. The minimum atomic E-state index is 0.240. The molecule has 3 heteroatoms. The summed E-state index contributed by atoms with van der Waals surface area (Å²) in [5.74, 6) is 2.66. The summed E-state index contributed by atoms with van der Waals surface area (Å²) in [6, 6.07) is 1.95. The Morgan fingerprint density at radius 3 is 3.00 bits per heavy atom. The smallest absolute Gasteiger partial charge is 0.116 e. The van der Waals surface area contributed by atoms with Gasteiger partial charge in [-0.15, -0.1) is 0 Å². The summed E-state index contributed by atoms with van der Waals surface area (Å²) in [5, 5.41) is 8.51. The second kappa shape index (κ2) is 4.46. The summed E-state index contributed by atoms with van der Waals surface area (Å²) in [7, 11) is 0. The van der Waals surface area contributed by atoms with Gasteiger partial charge in [-0.2, -0.15) is 11.8 Å². The number of hydrogen-bond donors (Lipinski definition) is 1. The van der Waals surface area contributed by atoms with Gasteiger partial charge in [-0.3, -0.25) is 0 Å². The summed E-state index contributed by atoms with van der Waals surface area (Å²) in [6.45, 7) is 2.27. The van der Waals surface area contributed by atoms with Gasteiger partial charge in [0.1, 0.15) is 5.76 Å². The summed E-state index contributed by atoms with van der Waals surface area (Å²) >= 11 is 1.68. The van der Waals surface area contributed by atoms with Gasteiger partial charge in [0.25, 0.3) is 0 Å².